The summed E-state index contributed by atoms with van der Waals surface area (Å²) in [4.78, 5) is 0. The zero-order valence-electron chi connectivity index (χ0n) is 13.1. The van der Waals surface area contributed by atoms with Gasteiger partial charge in [-0.1, -0.05) is 6.04 Å². The average Bonchev–Trinajstić information content (AvgIpc) is 2.84. The SMILES string of the molecule is [2H]c1c([2H])c(C([2H])([2H])C(C)NC)c([2H])c2c1OCO2. The molecule has 1 aliphatic rings. The lowest BCUT2D eigenvalue weighted by atomic mass is 10.1. The number of hydrogen-bond acceptors (Lipinski definition) is 3. The summed E-state index contributed by atoms with van der Waals surface area (Å²) in [7, 11) is 1.60. The van der Waals surface area contributed by atoms with Crippen molar-refractivity contribution in [2.45, 2.75) is 19.3 Å². The Hall–Kier alpha value is -1.22. The van der Waals surface area contributed by atoms with Crippen LogP contribution in [0.1, 0.15) is 19.3 Å². The van der Waals surface area contributed by atoms with E-state index < -0.39 is 12.4 Å². The Morgan fingerprint density at radius 1 is 1.57 bits per heavy atom. The molecular formula is C11H15NO2. The molecule has 1 aromatic rings. The minimum Gasteiger partial charge on any atom is -0.454 e. The zero-order chi connectivity index (χ0) is 14.4. The van der Waals surface area contributed by atoms with Crippen molar-refractivity contribution in [2.75, 3.05) is 13.8 Å². The fourth-order valence-electron chi connectivity index (χ4n) is 1.09. The third-order valence-corrected chi connectivity index (χ3v) is 1.95. The summed E-state index contributed by atoms with van der Waals surface area (Å²) in [5.41, 5.74) is -0.149. The van der Waals surface area contributed by atoms with E-state index in [9.17, 15) is 0 Å². The molecule has 0 aliphatic carbocycles. The summed E-state index contributed by atoms with van der Waals surface area (Å²) in [6, 6.07) is -1.41. The van der Waals surface area contributed by atoms with Crippen LogP contribution in [0.5, 0.6) is 11.5 Å². The molecule has 0 saturated carbocycles. The van der Waals surface area contributed by atoms with Gasteiger partial charge in [-0.05, 0) is 38.0 Å². The Balaban J connectivity index is 2.68. The van der Waals surface area contributed by atoms with Crippen LogP contribution in [-0.2, 0) is 6.37 Å². The van der Waals surface area contributed by atoms with Crippen molar-refractivity contribution in [3.05, 3.63) is 23.7 Å². The quantitative estimate of drug-likeness (QED) is 0.799. The molecule has 1 heterocycles. The Labute approximate surface area is 91.1 Å². The van der Waals surface area contributed by atoms with Gasteiger partial charge in [0.15, 0.2) is 11.5 Å². The Kier molecular flexibility index (Phi) is 1.39. The fraction of sp³-hybridized carbons (Fsp3) is 0.455. The smallest absolute Gasteiger partial charge is 0.231 e. The fourth-order valence-corrected chi connectivity index (χ4v) is 1.09. The highest BCUT2D eigenvalue weighted by atomic mass is 16.7. The molecule has 0 aromatic heterocycles. The van der Waals surface area contributed by atoms with Gasteiger partial charge in [0.25, 0.3) is 0 Å². The zero-order valence-corrected chi connectivity index (χ0v) is 8.10. The van der Waals surface area contributed by atoms with Crippen molar-refractivity contribution in [1.82, 2.24) is 5.32 Å². The predicted molar refractivity (Wildman–Crippen MR) is 54.8 cm³/mol. The van der Waals surface area contributed by atoms with E-state index in [0.29, 0.717) is 0 Å². The van der Waals surface area contributed by atoms with E-state index in [4.69, 9.17) is 16.3 Å². The van der Waals surface area contributed by atoms with Gasteiger partial charge >= 0.3 is 0 Å². The predicted octanol–water partition coefficient (Wildman–Crippen LogP) is 1.57. The van der Waals surface area contributed by atoms with Crippen molar-refractivity contribution in [1.29, 1.82) is 0 Å². The van der Waals surface area contributed by atoms with Crippen LogP contribution >= 0.6 is 0 Å². The molecule has 1 aliphatic heterocycles. The van der Waals surface area contributed by atoms with Crippen molar-refractivity contribution < 1.29 is 16.3 Å². The highest BCUT2D eigenvalue weighted by molar-refractivity contribution is 5.44. The first kappa shape index (κ1) is 5.03. The van der Waals surface area contributed by atoms with E-state index in [0.717, 1.165) is 0 Å². The number of ether oxygens (including phenoxy) is 2. The molecule has 14 heavy (non-hydrogen) atoms. The van der Waals surface area contributed by atoms with Crippen LogP contribution in [0, 0.1) is 0 Å². The van der Waals surface area contributed by atoms with Crippen LogP contribution in [0.2, 0.25) is 0 Å². The van der Waals surface area contributed by atoms with Crippen molar-refractivity contribution in [3.63, 3.8) is 0 Å². The topological polar surface area (TPSA) is 30.5 Å². The molecule has 0 spiro atoms. The maximum Gasteiger partial charge on any atom is 0.231 e. The molecule has 3 nitrogen and oxygen atoms in total. The molecule has 0 fully saturated rings. The summed E-state index contributed by atoms with van der Waals surface area (Å²) in [5, 5.41) is 2.77. The van der Waals surface area contributed by atoms with E-state index >= 15 is 0 Å². The van der Waals surface area contributed by atoms with Gasteiger partial charge in [-0.25, -0.2) is 0 Å². The number of rotatable bonds is 3. The third kappa shape index (κ3) is 1.82. The van der Waals surface area contributed by atoms with E-state index in [1.54, 1.807) is 14.0 Å². The molecule has 1 unspecified atom stereocenters. The molecule has 0 radical (unpaired) electrons. The molecular weight excluding hydrogens is 178 g/mol. The first-order chi connectivity index (χ1) is 8.82. The number of likely N-dealkylation sites (N-methyl/N-ethyl adjacent to an activating group) is 1. The molecule has 1 aromatic carbocycles. The second kappa shape index (κ2) is 3.88. The monoisotopic (exact) mass is 198 g/mol. The summed E-state index contributed by atoms with van der Waals surface area (Å²) >= 11 is 0. The maximum absolute atomic E-state index is 8.10. The van der Waals surface area contributed by atoms with Crippen LogP contribution < -0.4 is 14.8 Å². The van der Waals surface area contributed by atoms with Gasteiger partial charge in [0.1, 0.15) is 0 Å². The average molecular weight is 198 g/mol. The van der Waals surface area contributed by atoms with Gasteiger partial charge in [-0.3, -0.25) is 0 Å². The van der Waals surface area contributed by atoms with Crippen LogP contribution in [0.3, 0.4) is 0 Å². The van der Waals surface area contributed by atoms with E-state index in [-0.39, 0.29) is 42.0 Å². The molecule has 76 valence electrons. The highest BCUT2D eigenvalue weighted by Crippen LogP contribution is 2.32. The van der Waals surface area contributed by atoms with E-state index in [1.807, 2.05) is 0 Å². The van der Waals surface area contributed by atoms with Crippen molar-refractivity contribution in [2.24, 2.45) is 0 Å². The Bertz CT molecular complexity index is 521. The second-order valence-corrected chi connectivity index (χ2v) is 2.97. The van der Waals surface area contributed by atoms with Gasteiger partial charge in [0.05, 0.1) is 4.11 Å². The van der Waals surface area contributed by atoms with E-state index in [1.165, 1.54) is 0 Å². The molecule has 1 atom stereocenters. The summed E-state index contributed by atoms with van der Waals surface area (Å²) in [5.74, 6) is 0.0924. The normalized spacial score (nSPS) is 21.7. The van der Waals surface area contributed by atoms with Crippen LogP contribution in [0.25, 0.3) is 0 Å². The molecule has 2 rings (SSSR count). The lowest BCUT2D eigenvalue weighted by Crippen LogP contribution is -2.23. The number of benzene rings is 1. The maximum atomic E-state index is 8.10. The minimum absolute atomic E-state index is 0.0446. The molecule has 0 saturated heterocycles. The largest absolute Gasteiger partial charge is 0.454 e. The third-order valence-electron chi connectivity index (χ3n) is 1.95. The molecule has 0 bridgehead atoms. The number of nitrogens with one attached hydrogen (secondary N) is 1. The molecule has 1 N–H and O–H groups in total. The second-order valence-electron chi connectivity index (χ2n) is 2.97. The van der Waals surface area contributed by atoms with Gasteiger partial charge in [0.2, 0.25) is 6.79 Å². The Morgan fingerprint density at radius 2 is 2.36 bits per heavy atom. The number of hydrogen-bond donors (Lipinski definition) is 1. The number of fused-ring (bicyclic) bond motifs is 1. The summed E-state index contributed by atoms with van der Waals surface area (Å²) in [6.07, 6.45) is -1.96. The Morgan fingerprint density at radius 3 is 3.14 bits per heavy atom. The summed E-state index contributed by atoms with van der Waals surface area (Å²) in [6.45, 7) is 1.51. The van der Waals surface area contributed by atoms with Gasteiger partial charge < -0.3 is 14.8 Å². The lowest BCUT2D eigenvalue weighted by molar-refractivity contribution is 0.174. The molecule has 3 heteroatoms. The first-order valence-electron chi connectivity index (χ1n) is 6.89. The van der Waals surface area contributed by atoms with Crippen LogP contribution in [-0.4, -0.2) is 19.9 Å². The first-order valence-corrected chi connectivity index (χ1v) is 4.39. The van der Waals surface area contributed by atoms with Crippen molar-refractivity contribution >= 4 is 0 Å². The minimum atomic E-state index is -1.96. The standard InChI is InChI=1S/C11H15NO2/c1-8(12-2)5-9-3-4-10-11(6-9)14-7-13-10/h3-4,6,8,12H,5,7H2,1-2H3/i3D,4D,5D2,6D. The van der Waals surface area contributed by atoms with Gasteiger partial charge in [-0.2, -0.15) is 0 Å². The van der Waals surface area contributed by atoms with Gasteiger partial charge in [0, 0.05) is 8.78 Å². The lowest BCUT2D eigenvalue weighted by Gasteiger charge is -2.09. The van der Waals surface area contributed by atoms with Crippen LogP contribution in [0.15, 0.2) is 18.1 Å². The van der Waals surface area contributed by atoms with Crippen molar-refractivity contribution in [3.8, 4) is 11.5 Å². The highest BCUT2D eigenvalue weighted by Gasteiger charge is 2.13. The van der Waals surface area contributed by atoms with Crippen LogP contribution in [0.4, 0.5) is 0 Å². The molecule has 0 amide bonds. The summed E-state index contributed by atoms with van der Waals surface area (Å²) < 4.78 is 50.1. The van der Waals surface area contributed by atoms with E-state index in [2.05, 4.69) is 5.32 Å². The van der Waals surface area contributed by atoms with Gasteiger partial charge in [-0.15, -0.1) is 0 Å².